The Morgan fingerprint density at radius 3 is 2.59 bits per heavy atom. The van der Waals surface area contributed by atoms with Crippen molar-refractivity contribution in [2.24, 2.45) is 5.92 Å². The van der Waals surface area contributed by atoms with Gasteiger partial charge < -0.3 is 24.7 Å². The fourth-order valence-electron chi connectivity index (χ4n) is 3.29. The van der Waals surface area contributed by atoms with Crippen molar-refractivity contribution in [3.05, 3.63) is 52.4 Å². The number of nitrogens with zero attached hydrogens (tertiary/aromatic N) is 1. The highest BCUT2D eigenvalue weighted by Gasteiger charge is 2.28. The van der Waals surface area contributed by atoms with Crippen LogP contribution in [0.15, 0.2) is 41.3 Å². The van der Waals surface area contributed by atoms with Gasteiger partial charge in [-0.15, -0.1) is 0 Å². The van der Waals surface area contributed by atoms with Crippen LogP contribution in [0.5, 0.6) is 11.5 Å². The van der Waals surface area contributed by atoms with Gasteiger partial charge in [0.2, 0.25) is 18.3 Å². The monoisotopic (exact) mass is 369 g/mol. The van der Waals surface area contributed by atoms with E-state index >= 15 is 0 Å². The zero-order valence-electron chi connectivity index (χ0n) is 14.6. The molecule has 27 heavy (non-hydrogen) atoms. The molecule has 1 saturated heterocycles. The number of hydrogen-bond acceptors (Lipinski definition) is 5. The third kappa shape index (κ3) is 3.64. The summed E-state index contributed by atoms with van der Waals surface area (Å²) < 4.78 is 10.6. The highest BCUT2D eigenvalue weighted by molar-refractivity contribution is 5.95. The van der Waals surface area contributed by atoms with E-state index in [2.05, 4.69) is 10.3 Å². The van der Waals surface area contributed by atoms with Gasteiger partial charge in [0, 0.05) is 43.0 Å². The molecule has 2 aromatic rings. The lowest BCUT2D eigenvalue weighted by Gasteiger charge is -2.31. The van der Waals surface area contributed by atoms with E-state index in [4.69, 9.17) is 9.47 Å². The molecule has 2 amide bonds. The number of rotatable bonds is 3. The summed E-state index contributed by atoms with van der Waals surface area (Å²) in [7, 11) is 0. The Balaban J connectivity index is 1.33. The summed E-state index contributed by atoms with van der Waals surface area (Å²) in [5.74, 6) is 0.928. The maximum absolute atomic E-state index is 12.5. The van der Waals surface area contributed by atoms with Crippen LogP contribution < -0.4 is 20.3 Å². The van der Waals surface area contributed by atoms with Gasteiger partial charge in [-0.25, -0.2) is 0 Å². The van der Waals surface area contributed by atoms with Crippen molar-refractivity contribution >= 4 is 17.5 Å². The van der Waals surface area contributed by atoms with Gasteiger partial charge in [0.05, 0.1) is 5.56 Å². The predicted molar refractivity (Wildman–Crippen MR) is 96.9 cm³/mol. The van der Waals surface area contributed by atoms with E-state index in [1.54, 1.807) is 23.1 Å². The summed E-state index contributed by atoms with van der Waals surface area (Å²) in [4.78, 5) is 40.3. The molecule has 1 aromatic carbocycles. The van der Waals surface area contributed by atoms with Crippen molar-refractivity contribution in [3.8, 4) is 11.5 Å². The van der Waals surface area contributed by atoms with E-state index < -0.39 is 0 Å². The third-order valence-electron chi connectivity index (χ3n) is 4.82. The summed E-state index contributed by atoms with van der Waals surface area (Å²) in [5, 5.41) is 2.91. The molecular formula is C19H19N3O5. The number of likely N-dealkylation sites (tertiary alicyclic amines) is 1. The topological polar surface area (TPSA) is 101 Å². The number of ether oxygens (including phenoxy) is 2. The molecule has 2 aliphatic heterocycles. The van der Waals surface area contributed by atoms with Crippen molar-refractivity contribution in [1.29, 1.82) is 0 Å². The van der Waals surface area contributed by atoms with E-state index in [0.29, 0.717) is 48.7 Å². The minimum absolute atomic E-state index is 0.0648. The van der Waals surface area contributed by atoms with Gasteiger partial charge in [0.1, 0.15) is 0 Å². The standard InChI is InChI=1S/C19H19N3O5/c23-17-4-1-13(10-20-17)19(25)22-7-5-12(6-8-22)18(24)21-14-2-3-15-16(9-14)27-11-26-15/h1-4,9-10,12H,5-8,11H2,(H,20,23)(H,21,24). The molecule has 0 atom stereocenters. The number of carbonyl (C=O) groups is 2. The molecule has 8 nitrogen and oxygen atoms in total. The largest absolute Gasteiger partial charge is 0.454 e. The van der Waals surface area contributed by atoms with Gasteiger partial charge in [-0.3, -0.25) is 14.4 Å². The molecule has 0 saturated carbocycles. The summed E-state index contributed by atoms with van der Waals surface area (Å²) in [6.45, 7) is 1.18. The molecule has 140 valence electrons. The number of benzene rings is 1. The molecule has 8 heteroatoms. The molecule has 3 heterocycles. The van der Waals surface area contributed by atoms with Gasteiger partial charge in [0.15, 0.2) is 11.5 Å². The van der Waals surface area contributed by atoms with Crippen LogP contribution in [0, 0.1) is 5.92 Å². The van der Waals surface area contributed by atoms with Crippen LogP contribution in [0.1, 0.15) is 23.2 Å². The lowest BCUT2D eigenvalue weighted by Crippen LogP contribution is -2.41. The molecule has 1 fully saturated rings. The quantitative estimate of drug-likeness (QED) is 0.856. The number of carbonyl (C=O) groups excluding carboxylic acids is 2. The van der Waals surface area contributed by atoms with E-state index in [-0.39, 0.29) is 30.1 Å². The molecule has 0 spiro atoms. The third-order valence-corrected chi connectivity index (χ3v) is 4.82. The van der Waals surface area contributed by atoms with E-state index in [0.717, 1.165) is 0 Å². The van der Waals surface area contributed by atoms with Gasteiger partial charge >= 0.3 is 0 Å². The number of pyridine rings is 1. The summed E-state index contributed by atoms with van der Waals surface area (Å²) in [5.41, 5.74) is 0.860. The molecule has 1 aromatic heterocycles. The Morgan fingerprint density at radius 2 is 1.85 bits per heavy atom. The highest BCUT2D eigenvalue weighted by Crippen LogP contribution is 2.34. The fraction of sp³-hybridized carbons (Fsp3) is 0.316. The normalized spacial score (nSPS) is 16.2. The Bertz CT molecular complexity index is 911. The van der Waals surface area contributed by atoms with E-state index in [1.807, 2.05) is 0 Å². The number of H-pyrrole nitrogens is 1. The van der Waals surface area contributed by atoms with Crippen molar-refractivity contribution in [1.82, 2.24) is 9.88 Å². The fourth-order valence-corrected chi connectivity index (χ4v) is 3.29. The number of fused-ring (bicyclic) bond motifs is 1. The Labute approximate surface area is 155 Å². The smallest absolute Gasteiger partial charge is 0.255 e. The number of hydrogen-bond donors (Lipinski definition) is 2. The average Bonchev–Trinajstić information content (AvgIpc) is 3.16. The van der Waals surface area contributed by atoms with Crippen LogP contribution in [0.2, 0.25) is 0 Å². The number of nitrogens with one attached hydrogen (secondary N) is 2. The van der Waals surface area contributed by atoms with Gasteiger partial charge in [0.25, 0.3) is 5.91 Å². The van der Waals surface area contributed by atoms with Crippen molar-refractivity contribution < 1.29 is 19.1 Å². The second-order valence-electron chi connectivity index (χ2n) is 6.57. The molecule has 2 N–H and O–H groups in total. The lowest BCUT2D eigenvalue weighted by molar-refractivity contribution is -0.121. The van der Waals surface area contributed by atoms with Crippen molar-refractivity contribution in [3.63, 3.8) is 0 Å². The minimum Gasteiger partial charge on any atom is -0.454 e. The molecule has 0 unspecified atom stereocenters. The number of amides is 2. The summed E-state index contributed by atoms with van der Waals surface area (Å²) in [6.07, 6.45) is 2.60. The average molecular weight is 369 g/mol. The summed E-state index contributed by atoms with van der Waals surface area (Å²) >= 11 is 0. The van der Waals surface area contributed by atoms with Crippen molar-refractivity contribution in [2.45, 2.75) is 12.8 Å². The number of piperidine rings is 1. The Kier molecular flexibility index (Phi) is 4.53. The van der Waals surface area contributed by atoms with Gasteiger partial charge in [-0.1, -0.05) is 0 Å². The van der Waals surface area contributed by atoms with Crippen LogP contribution in [-0.4, -0.2) is 41.6 Å². The van der Waals surface area contributed by atoms with Gasteiger partial charge in [-0.05, 0) is 31.0 Å². The minimum atomic E-state index is -0.245. The number of aromatic amines is 1. The first-order chi connectivity index (χ1) is 13.1. The maximum Gasteiger partial charge on any atom is 0.255 e. The molecule has 4 rings (SSSR count). The first-order valence-electron chi connectivity index (χ1n) is 8.79. The van der Waals surface area contributed by atoms with E-state index in [9.17, 15) is 14.4 Å². The van der Waals surface area contributed by atoms with E-state index in [1.165, 1.54) is 18.3 Å². The zero-order valence-corrected chi connectivity index (χ0v) is 14.6. The number of aromatic nitrogens is 1. The number of anilines is 1. The second-order valence-corrected chi connectivity index (χ2v) is 6.57. The molecule has 2 aliphatic rings. The second kappa shape index (κ2) is 7.14. The predicted octanol–water partition coefficient (Wildman–Crippen LogP) is 1.59. The van der Waals surface area contributed by atoms with Crippen molar-refractivity contribution in [2.75, 3.05) is 25.2 Å². The molecular weight excluding hydrogens is 350 g/mol. The summed E-state index contributed by atoms with van der Waals surface area (Å²) in [6, 6.07) is 8.14. The van der Waals surface area contributed by atoms with Crippen LogP contribution in [0.4, 0.5) is 5.69 Å². The Hall–Kier alpha value is -3.29. The Morgan fingerprint density at radius 1 is 1.07 bits per heavy atom. The molecule has 0 aliphatic carbocycles. The molecule has 0 radical (unpaired) electrons. The van der Waals surface area contributed by atoms with Crippen LogP contribution >= 0.6 is 0 Å². The first-order valence-corrected chi connectivity index (χ1v) is 8.79. The first kappa shape index (κ1) is 17.1. The lowest BCUT2D eigenvalue weighted by atomic mass is 9.95. The van der Waals surface area contributed by atoms with Crippen LogP contribution in [0.25, 0.3) is 0 Å². The van der Waals surface area contributed by atoms with Crippen LogP contribution in [-0.2, 0) is 4.79 Å². The highest BCUT2D eigenvalue weighted by atomic mass is 16.7. The zero-order chi connectivity index (χ0) is 18.8. The SMILES string of the molecule is O=C(Nc1ccc2c(c1)OCO2)C1CCN(C(=O)c2ccc(=O)[nH]c2)CC1. The molecule has 0 bridgehead atoms. The van der Waals surface area contributed by atoms with Crippen LogP contribution in [0.3, 0.4) is 0 Å². The van der Waals surface area contributed by atoms with Gasteiger partial charge in [-0.2, -0.15) is 0 Å². The maximum atomic E-state index is 12.5.